The van der Waals surface area contributed by atoms with Gasteiger partial charge in [-0.05, 0) is 48.4 Å². The summed E-state index contributed by atoms with van der Waals surface area (Å²) in [6.45, 7) is 4.07. The molecule has 1 saturated heterocycles. The second kappa shape index (κ2) is 8.34. The smallest absolute Gasteiger partial charge is 0.317 e. The fourth-order valence-electron chi connectivity index (χ4n) is 3.57. The van der Waals surface area contributed by atoms with Crippen LogP contribution in [-0.4, -0.2) is 51.6 Å². The third kappa shape index (κ3) is 3.91. The molecule has 28 heavy (non-hydrogen) atoms. The number of H-pyrrole nitrogens is 1. The van der Waals surface area contributed by atoms with Crippen molar-refractivity contribution in [1.29, 1.82) is 0 Å². The van der Waals surface area contributed by atoms with Crippen LogP contribution in [0.2, 0.25) is 0 Å². The summed E-state index contributed by atoms with van der Waals surface area (Å²) < 4.78 is 1.01. The molecule has 0 spiro atoms. The van der Waals surface area contributed by atoms with Crippen LogP contribution in [0.25, 0.3) is 22.2 Å². The molecule has 1 aliphatic heterocycles. The lowest BCUT2D eigenvalue weighted by Gasteiger charge is -2.32. The number of nitrogens with one attached hydrogen (secondary N) is 3. The van der Waals surface area contributed by atoms with Crippen LogP contribution >= 0.6 is 22.6 Å². The normalized spacial score (nSPS) is 15.0. The highest BCUT2D eigenvalue weighted by atomic mass is 127. The lowest BCUT2D eigenvalue weighted by Crippen LogP contribution is -2.46. The molecule has 0 saturated carbocycles. The molecule has 3 aromatic rings. The van der Waals surface area contributed by atoms with E-state index >= 15 is 0 Å². The number of hydrogen-bond acceptors (Lipinski definition) is 4. The number of urea groups is 1. The Morgan fingerprint density at radius 3 is 2.89 bits per heavy atom. The molecule has 2 amide bonds. The number of halogens is 1. The second-order valence-electron chi connectivity index (χ2n) is 6.88. The predicted molar refractivity (Wildman–Crippen MR) is 119 cm³/mol. The Hall–Kier alpha value is -2.36. The molecule has 1 fully saturated rings. The third-order valence-corrected chi connectivity index (χ3v) is 5.82. The maximum Gasteiger partial charge on any atom is 0.317 e. The van der Waals surface area contributed by atoms with E-state index in [0.717, 1.165) is 51.7 Å². The summed E-state index contributed by atoms with van der Waals surface area (Å²) in [6, 6.07) is 8.51. The van der Waals surface area contributed by atoms with Crippen LogP contribution < -0.4 is 10.6 Å². The van der Waals surface area contributed by atoms with Gasteiger partial charge in [-0.2, -0.15) is 0 Å². The number of anilines is 1. The number of carbonyl (C=O) groups excluding carboxylic acids is 1. The number of fused-ring (bicyclic) bond motifs is 1. The van der Waals surface area contributed by atoms with E-state index in [1.165, 1.54) is 0 Å². The predicted octanol–water partition coefficient (Wildman–Crippen LogP) is 3.84. The summed E-state index contributed by atoms with van der Waals surface area (Å²) in [5.74, 6) is 0.636. The summed E-state index contributed by atoms with van der Waals surface area (Å²) >= 11 is 2.28. The van der Waals surface area contributed by atoms with Gasteiger partial charge in [0, 0.05) is 54.5 Å². The monoisotopic (exact) mass is 490 g/mol. The molecule has 8 heteroatoms. The van der Waals surface area contributed by atoms with Gasteiger partial charge < -0.3 is 20.5 Å². The maximum absolute atomic E-state index is 11.9. The van der Waals surface area contributed by atoms with Gasteiger partial charge in [0.2, 0.25) is 5.95 Å². The number of hydrogen-bond donors (Lipinski definition) is 3. The highest BCUT2D eigenvalue weighted by molar-refractivity contribution is 14.1. The average molecular weight is 490 g/mol. The lowest BCUT2D eigenvalue weighted by molar-refractivity contribution is 0.184. The molecule has 7 nitrogen and oxygen atoms in total. The quantitative estimate of drug-likeness (QED) is 0.486. The van der Waals surface area contributed by atoms with Gasteiger partial charge in [0.1, 0.15) is 0 Å². The van der Waals surface area contributed by atoms with E-state index in [9.17, 15) is 4.79 Å². The van der Waals surface area contributed by atoms with Gasteiger partial charge in [0.05, 0.1) is 9.26 Å². The minimum Gasteiger partial charge on any atom is -0.360 e. The Kier molecular flexibility index (Phi) is 5.65. The number of amides is 2. The zero-order valence-corrected chi connectivity index (χ0v) is 17.9. The Morgan fingerprint density at radius 1 is 1.32 bits per heavy atom. The van der Waals surface area contributed by atoms with Crippen molar-refractivity contribution in [3.63, 3.8) is 0 Å². The molecule has 0 bridgehead atoms. The molecular weight excluding hydrogens is 467 g/mol. The Balaban J connectivity index is 1.49. The topological polar surface area (TPSA) is 85.9 Å². The fraction of sp³-hybridized carbons (Fsp3) is 0.350. The summed E-state index contributed by atoms with van der Waals surface area (Å²) in [7, 11) is 0. The van der Waals surface area contributed by atoms with Crippen LogP contribution in [0.15, 0.2) is 36.7 Å². The summed E-state index contributed by atoms with van der Waals surface area (Å²) in [5, 5.41) is 7.47. The number of aromatic nitrogens is 3. The minimum atomic E-state index is 0.0214. The Labute approximate surface area is 177 Å². The van der Waals surface area contributed by atoms with Crippen molar-refractivity contribution in [3.05, 3.63) is 40.2 Å². The van der Waals surface area contributed by atoms with E-state index in [2.05, 4.69) is 55.3 Å². The van der Waals surface area contributed by atoms with Gasteiger partial charge in [0.25, 0.3) is 0 Å². The Bertz CT molecular complexity index is 980. The van der Waals surface area contributed by atoms with Crippen LogP contribution in [0, 0.1) is 3.57 Å². The first-order valence-corrected chi connectivity index (χ1v) is 10.6. The summed E-state index contributed by atoms with van der Waals surface area (Å²) in [6.07, 6.45) is 5.63. The summed E-state index contributed by atoms with van der Waals surface area (Å²) in [4.78, 5) is 26.4. The van der Waals surface area contributed by atoms with Gasteiger partial charge >= 0.3 is 6.03 Å². The molecular formula is C20H23IN6O. The van der Waals surface area contributed by atoms with E-state index in [-0.39, 0.29) is 12.1 Å². The van der Waals surface area contributed by atoms with Gasteiger partial charge in [0.15, 0.2) is 0 Å². The largest absolute Gasteiger partial charge is 0.360 e. The van der Waals surface area contributed by atoms with E-state index < -0.39 is 0 Å². The molecule has 146 valence electrons. The zero-order valence-electron chi connectivity index (χ0n) is 15.7. The van der Waals surface area contributed by atoms with Crippen LogP contribution in [0.1, 0.15) is 19.8 Å². The van der Waals surface area contributed by atoms with Crippen LogP contribution in [-0.2, 0) is 0 Å². The van der Waals surface area contributed by atoms with Crippen LogP contribution in [0.3, 0.4) is 0 Å². The first kappa shape index (κ1) is 19.0. The van der Waals surface area contributed by atoms with E-state index in [1.807, 2.05) is 36.4 Å². The number of rotatable bonds is 4. The molecule has 0 atom stereocenters. The first-order valence-electron chi connectivity index (χ1n) is 9.54. The molecule has 4 rings (SSSR count). The van der Waals surface area contributed by atoms with Crippen LogP contribution in [0.4, 0.5) is 10.7 Å². The highest BCUT2D eigenvalue weighted by Gasteiger charge is 2.23. The molecule has 3 heterocycles. The maximum atomic E-state index is 11.9. The van der Waals surface area contributed by atoms with Crippen molar-refractivity contribution in [1.82, 2.24) is 25.2 Å². The number of piperidine rings is 1. The number of carbonyl (C=O) groups is 1. The van der Waals surface area contributed by atoms with Crippen molar-refractivity contribution in [2.24, 2.45) is 0 Å². The number of nitrogens with zero attached hydrogens (tertiary/aromatic N) is 3. The SMILES string of the molecule is CCNC(=O)N1CCC(Nc2ncc(I)c(-c3c[nH]c4ccccc34)n2)CC1. The zero-order chi connectivity index (χ0) is 19.5. The number of likely N-dealkylation sites (tertiary alicyclic amines) is 1. The van der Waals surface area contributed by atoms with Gasteiger partial charge in [-0.1, -0.05) is 18.2 Å². The van der Waals surface area contributed by atoms with Crippen molar-refractivity contribution in [2.45, 2.75) is 25.8 Å². The van der Waals surface area contributed by atoms with Crippen molar-refractivity contribution < 1.29 is 4.79 Å². The molecule has 1 aromatic carbocycles. The number of benzene rings is 1. The van der Waals surface area contributed by atoms with E-state index in [1.54, 1.807) is 0 Å². The molecule has 1 aliphatic rings. The minimum absolute atomic E-state index is 0.0214. The van der Waals surface area contributed by atoms with Gasteiger partial charge in [-0.25, -0.2) is 14.8 Å². The first-order chi connectivity index (χ1) is 13.7. The van der Waals surface area contributed by atoms with Gasteiger partial charge in [-0.3, -0.25) is 0 Å². The van der Waals surface area contributed by atoms with Crippen molar-refractivity contribution >= 4 is 45.5 Å². The van der Waals surface area contributed by atoms with Crippen LogP contribution in [0.5, 0.6) is 0 Å². The molecule has 0 aliphatic carbocycles. The lowest BCUT2D eigenvalue weighted by atomic mass is 10.1. The van der Waals surface area contributed by atoms with Crippen molar-refractivity contribution in [2.75, 3.05) is 25.0 Å². The molecule has 3 N–H and O–H groups in total. The molecule has 0 unspecified atom stereocenters. The summed E-state index contributed by atoms with van der Waals surface area (Å²) in [5.41, 5.74) is 3.10. The highest BCUT2D eigenvalue weighted by Crippen LogP contribution is 2.30. The number of para-hydroxylation sites is 1. The Morgan fingerprint density at radius 2 is 2.11 bits per heavy atom. The molecule has 2 aromatic heterocycles. The van der Waals surface area contributed by atoms with E-state index in [0.29, 0.717) is 12.5 Å². The number of aromatic amines is 1. The second-order valence-corrected chi connectivity index (χ2v) is 8.04. The molecule has 0 radical (unpaired) electrons. The standard InChI is InChI=1S/C20H23IN6O/c1-2-22-20(28)27-9-7-13(8-10-27)25-19-24-12-16(21)18(26-19)15-11-23-17-6-4-3-5-14(15)17/h3-6,11-13,23H,2,7-10H2,1H3,(H,22,28)(H,24,25,26). The average Bonchev–Trinajstić information content (AvgIpc) is 3.14. The van der Waals surface area contributed by atoms with Crippen molar-refractivity contribution in [3.8, 4) is 11.3 Å². The van der Waals surface area contributed by atoms with E-state index in [4.69, 9.17) is 4.98 Å². The third-order valence-electron chi connectivity index (χ3n) is 5.03. The van der Waals surface area contributed by atoms with Gasteiger partial charge in [-0.15, -0.1) is 0 Å². The fourth-order valence-corrected chi connectivity index (χ4v) is 4.12.